The van der Waals surface area contributed by atoms with Crippen LogP contribution < -0.4 is 4.90 Å². The Bertz CT molecular complexity index is 2310. The average molecular weight is 849 g/mol. The predicted octanol–water partition coefficient (Wildman–Crippen LogP) is 12.5. The number of aryl methyl sites for hydroxylation is 2. The summed E-state index contributed by atoms with van der Waals surface area (Å²) < 4.78 is 0. The van der Waals surface area contributed by atoms with Crippen molar-refractivity contribution in [2.24, 2.45) is 0 Å². The van der Waals surface area contributed by atoms with Crippen LogP contribution in [0.4, 0.5) is 17.1 Å². The first-order valence-corrected chi connectivity index (χ1v) is 17.2. The summed E-state index contributed by atoms with van der Waals surface area (Å²) in [6.45, 7) is 4.21. The van der Waals surface area contributed by atoms with Gasteiger partial charge in [0.1, 0.15) is 0 Å². The summed E-state index contributed by atoms with van der Waals surface area (Å²) in [5.74, 6) is 0. The van der Waals surface area contributed by atoms with Crippen molar-refractivity contribution >= 4 is 17.1 Å². The molecule has 0 amide bonds. The van der Waals surface area contributed by atoms with Gasteiger partial charge >= 0.3 is 21.1 Å². The van der Waals surface area contributed by atoms with Gasteiger partial charge in [0.25, 0.3) is 0 Å². The zero-order chi connectivity index (χ0) is 34.6. The molecule has 4 heteroatoms. The average Bonchev–Trinajstić information content (AvgIpc) is 3.20. The fourth-order valence-corrected chi connectivity index (χ4v) is 6.59. The van der Waals surface area contributed by atoms with Crippen molar-refractivity contribution in [1.82, 2.24) is 9.97 Å². The summed E-state index contributed by atoms with van der Waals surface area (Å²) >= 11 is 0. The number of pyridine rings is 2. The van der Waals surface area contributed by atoms with E-state index >= 15 is 0 Å². The summed E-state index contributed by atoms with van der Waals surface area (Å²) in [7, 11) is 0. The number of aromatic nitrogens is 2. The third-order valence-corrected chi connectivity index (χ3v) is 9.20. The van der Waals surface area contributed by atoms with Crippen LogP contribution in [0.15, 0.2) is 176 Å². The molecule has 0 radical (unpaired) electrons. The topological polar surface area (TPSA) is 29.0 Å². The first-order chi connectivity index (χ1) is 25.1. The molecule has 0 aliphatic carbocycles. The molecule has 252 valence electrons. The van der Waals surface area contributed by atoms with Gasteiger partial charge in [-0.2, -0.15) is 0 Å². The number of rotatable bonds is 8. The molecule has 52 heavy (non-hydrogen) atoms. The Labute approximate surface area is 320 Å². The molecule has 0 saturated carbocycles. The maximum Gasteiger partial charge on any atom is 2.00 e. The molecule has 0 saturated heterocycles. The number of para-hydroxylation sites is 1. The second kappa shape index (κ2) is 15.6. The number of benzene rings is 6. The molecular formula is C48H35N3Pt. The van der Waals surface area contributed by atoms with Crippen molar-refractivity contribution in [2.45, 2.75) is 13.8 Å². The SMILES string of the molecule is Cc1cnc(-c2[c-]c(N(c3[c-]c(-c4cc(-c5ccccc5)c(C)cn4)ccc3)c3ccccc3-c3ccccc3)ccc2)cc1-c1ccccc1.[Pt+2]. The van der Waals surface area contributed by atoms with Crippen molar-refractivity contribution in [3.63, 3.8) is 0 Å². The van der Waals surface area contributed by atoms with E-state index in [2.05, 4.69) is 183 Å². The smallest absolute Gasteiger partial charge is 0.346 e. The molecule has 0 spiro atoms. The number of anilines is 3. The summed E-state index contributed by atoms with van der Waals surface area (Å²) in [4.78, 5) is 12.0. The first kappa shape index (κ1) is 34.6. The second-order valence-corrected chi connectivity index (χ2v) is 12.6. The van der Waals surface area contributed by atoms with E-state index < -0.39 is 0 Å². The maximum absolute atomic E-state index is 4.87. The normalized spacial score (nSPS) is 10.7. The summed E-state index contributed by atoms with van der Waals surface area (Å²) in [5, 5.41) is 0. The van der Waals surface area contributed by atoms with Gasteiger partial charge < -0.3 is 14.9 Å². The minimum absolute atomic E-state index is 0. The van der Waals surface area contributed by atoms with E-state index in [9.17, 15) is 0 Å². The van der Waals surface area contributed by atoms with Crippen LogP contribution in [0.3, 0.4) is 0 Å². The van der Waals surface area contributed by atoms with Gasteiger partial charge in [-0.05, 0) is 81.6 Å². The Hall–Kier alpha value is -5.89. The predicted molar refractivity (Wildman–Crippen MR) is 211 cm³/mol. The van der Waals surface area contributed by atoms with Crippen molar-refractivity contribution in [3.8, 4) is 55.9 Å². The van der Waals surface area contributed by atoms with E-state index in [0.29, 0.717) is 0 Å². The molecule has 2 aromatic heterocycles. The van der Waals surface area contributed by atoms with E-state index in [-0.39, 0.29) is 21.1 Å². The van der Waals surface area contributed by atoms with E-state index in [0.717, 1.165) is 73.0 Å². The molecule has 0 aliphatic rings. The standard InChI is InChI=1S/C48H35N3.Pt/c1-34-32-49-46(30-44(34)37-18-8-4-9-19-37)39-22-14-24-41(28-39)51(48-27-13-12-26-43(48)36-16-6-3-7-17-36)42-25-15-23-40(29-42)47-31-45(35(2)33-50-47)38-20-10-5-11-21-38;/h3-27,30-33H,1-2H3;/q-2;+2. The zero-order valence-corrected chi connectivity index (χ0v) is 31.2. The van der Waals surface area contributed by atoms with Gasteiger partial charge in [-0.15, -0.1) is 59.7 Å². The van der Waals surface area contributed by atoms with Gasteiger partial charge in [0.2, 0.25) is 0 Å². The Balaban J connectivity index is 0.00000420. The zero-order valence-electron chi connectivity index (χ0n) is 28.9. The van der Waals surface area contributed by atoms with Crippen LogP contribution in [0, 0.1) is 26.0 Å². The van der Waals surface area contributed by atoms with E-state index in [1.807, 2.05) is 24.5 Å². The molecule has 3 nitrogen and oxygen atoms in total. The number of nitrogens with zero attached hydrogens (tertiary/aromatic N) is 3. The van der Waals surface area contributed by atoms with E-state index in [1.54, 1.807) is 0 Å². The van der Waals surface area contributed by atoms with Crippen LogP contribution in [-0.4, -0.2) is 9.97 Å². The Kier molecular flexibility index (Phi) is 10.3. The molecule has 0 N–H and O–H groups in total. The van der Waals surface area contributed by atoms with E-state index in [4.69, 9.17) is 9.97 Å². The molecule has 0 aliphatic heterocycles. The molecule has 0 fully saturated rings. The van der Waals surface area contributed by atoms with Crippen molar-refractivity contribution in [1.29, 1.82) is 0 Å². The summed E-state index contributed by atoms with van der Waals surface area (Å²) in [6.07, 6.45) is 3.91. The van der Waals surface area contributed by atoms with Crippen LogP contribution in [0.5, 0.6) is 0 Å². The van der Waals surface area contributed by atoms with Gasteiger partial charge in [0.05, 0.1) is 5.69 Å². The molecule has 6 aromatic carbocycles. The second-order valence-electron chi connectivity index (χ2n) is 12.6. The van der Waals surface area contributed by atoms with Crippen LogP contribution in [0.2, 0.25) is 0 Å². The fraction of sp³-hybridized carbons (Fsp3) is 0.0417. The van der Waals surface area contributed by atoms with Gasteiger partial charge in [-0.3, -0.25) is 0 Å². The molecular weight excluding hydrogens is 814 g/mol. The molecule has 0 bridgehead atoms. The van der Waals surface area contributed by atoms with Crippen molar-refractivity contribution in [3.05, 3.63) is 199 Å². The Morgan fingerprint density at radius 2 is 0.827 bits per heavy atom. The molecule has 8 rings (SSSR count). The van der Waals surface area contributed by atoms with Crippen molar-refractivity contribution in [2.75, 3.05) is 4.90 Å². The third-order valence-electron chi connectivity index (χ3n) is 9.20. The van der Waals surface area contributed by atoms with Crippen molar-refractivity contribution < 1.29 is 21.1 Å². The largest absolute Gasteiger partial charge is 2.00 e. The number of hydrogen-bond acceptors (Lipinski definition) is 3. The Morgan fingerprint density at radius 3 is 1.29 bits per heavy atom. The van der Waals surface area contributed by atoms with Crippen LogP contribution in [0.1, 0.15) is 11.1 Å². The third kappa shape index (κ3) is 7.14. The summed E-state index contributed by atoms with van der Waals surface area (Å²) in [6, 6.07) is 64.4. The quantitative estimate of drug-likeness (QED) is 0.143. The van der Waals surface area contributed by atoms with Crippen LogP contribution in [-0.2, 0) is 21.1 Å². The minimum Gasteiger partial charge on any atom is -0.346 e. The monoisotopic (exact) mass is 848 g/mol. The molecule has 0 unspecified atom stereocenters. The first-order valence-electron chi connectivity index (χ1n) is 17.2. The number of hydrogen-bond donors (Lipinski definition) is 0. The minimum atomic E-state index is 0. The van der Waals surface area contributed by atoms with Gasteiger partial charge in [-0.25, -0.2) is 0 Å². The maximum atomic E-state index is 4.87. The van der Waals surface area contributed by atoms with E-state index in [1.165, 1.54) is 11.1 Å². The van der Waals surface area contributed by atoms with Gasteiger partial charge in [0.15, 0.2) is 0 Å². The van der Waals surface area contributed by atoms with Gasteiger partial charge in [-0.1, -0.05) is 121 Å². The molecule has 2 heterocycles. The fourth-order valence-electron chi connectivity index (χ4n) is 6.59. The Morgan fingerprint density at radius 1 is 0.423 bits per heavy atom. The van der Waals surface area contributed by atoms with Gasteiger partial charge in [0, 0.05) is 18.0 Å². The van der Waals surface area contributed by atoms with Crippen LogP contribution in [0.25, 0.3) is 55.9 Å². The summed E-state index contributed by atoms with van der Waals surface area (Å²) in [5.41, 5.74) is 15.5. The molecule has 8 aromatic rings. The molecule has 0 atom stereocenters. The van der Waals surface area contributed by atoms with Crippen LogP contribution >= 0.6 is 0 Å².